The third kappa shape index (κ3) is 5.76. The molecule has 1 rings (SSSR count). The van der Waals surface area contributed by atoms with Gasteiger partial charge in [0.2, 0.25) is 0 Å². The molecule has 0 atom stereocenters. The fraction of sp³-hybridized carbons (Fsp3) is 0.760. The van der Waals surface area contributed by atoms with Gasteiger partial charge in [0.05, 0.1) is 0 Å². The zero-order chi connectivity index (χ0) is 21.7. The summed E-state index contributed by atoms with van der Waals surface area (Å²) in [7, 11) is 0. The SMILES string of the molecule is CCCc1c(CC)c(CCC(F)(F)F)c(C(C)(C)CCC)c(C(C)C)c1CC. The van der Waals surface area contributed by atoms with Crippen molar-refractivity contribution in [1.82, 2.24) is 0 Å². The van der Waals surface area contributed by atoms with E-state index in [2.05, 4.69) is 55.4 Å². The molecule has 0 heterocycles. The molecule has 1 aromatic carbocycles. The minimum atomic E-state index is -4.12. The average Bonchev–Trinajstić information content (AvgIpc) is 2.58. The third-order valence-corrected chi connectivity index (χ3v) is 5.98. The van der Waals surface area contributed by atoms with Gasteiger partial charge in [-0.3, -0.25) is 0 Å². The molecule has 0 fully saturated rings. The van der Waals surface area contributed by atoms with Crippen LogP contribution in [0.15, 0.2) is 0 Å². The molecular formula is C25H41F3. The van der Waals surface area contributed by atoms with Gasteiger partial charge in [0.25, 0.3) is 0 Å². The minimum Gasteiger partial charge on any atom is -0.171 e. The Morgan fingerprint density at radius 3 is 1.68 bits per heavy atom. The first kappa shape index (κ1) is 25.0. The molecule has 0 saturated carbocycles. The van der Waals surface area contributed by atoms with Crippen LogP contribution in [-0.4, -0.2) is 6.18 Å². The Kier molecular flexibility index (Phi) is 9.09. The summed E-state index contributed by atoms with van der Waals surface area (Å²) < 4.78 is 39.6. The van der Waals surface area contributed by atoms with Crippen LogP contribution in [0, 0.1) is 0 Å². The van der Waals surface area contributed by atoms with E-state index in [0.29, 0.717) is 5.92 Å². The lowest BCUT2D eigenvalue weighted by atomic mass is 9.68. The minimum absolute atomic E-state index is 0.107. The predicted octanol–water partition coefficient (Wildman–Crippen LogP) is 8.46. The van der Waals surface area contributed by atoms with E-state index in [1.807, 2.05) is 0 Å². The van der Waals surface area contributed by atoms with Crippen LogP contribution in [0.1, 0.15) is 120 Å². The maximum atomic E-state index is 13.2. The lowest BCUT2D eigenvalue weighted by molar-refractivity contribution is -0.134. The van der Waals surface area contributed by atoms with Gasteiger partial charge in [-0.05, 0) is 76.8 Å². The van der Waals surface area contributed by atoms with Crippen LogP contribution >= 0.6 is 0 Å². The zero-order valence-corrected chi connectivity index (χ0v) is 19.4. The number of rotatable bonds is 10. The van der Waals surface area contributed by atoms with E-state index in [0.717, 1.165) is 44.1 Å². The lowest BCUT2D eigenvalue weighted by Crippen LogP contribution is -2.26. The van der Waals surface area contributed by atoms with Crippen LogP contribution in [0.25, 0.3) is 0 Å². The summed E-state index contributed by atoms with van der Waals surface area (Å²) in [5.74, 6) is 0.312. The third-order valence-electron chi connectivity index (χ3n) is 5.98. The Labute approximate surface area is 171 Å². The first-order valence-corrected chi connectivity index (χ1v) is 11.2. The summed E-state index contributed by atoms with van der Waals surface area (Å²) in [6, 6.07) is 0. The molecule has 0 nitrogen and oxygen atoms in total. The number of hydrogen-bond donors (Lipinski definition) is 0. The second kappa shape index (κ2) is 10.2. The number of benzene rings is 1. The summed E-state index contributed by atoms with van der Waals surface area (Å²) in [6.45, 7) is 17.5. The summed E-state index contributed by atoms with van der Waals surface area (Å²) in [5, 5.41) is 0. The van der Waals surface area contributed by atoms with E-state index < -0.39 is 12.6 Å². The van der Waals surface area contributed by atoms with Gasteiger partial charge < -0.3 is 0 Å². The highest BCUT2D eigenvalue weighted by molar-refractivity contribution is 5.56. The summed E-state index contributed by atoms with van der Waals surface area (Å²) in [5.41, 5.74) is 7.39. The first-order valence-electron chi connectivity index (χ1n) is 11.2. The highest BCUT2D eigenvalue weighted by Gasteiger charge is 2.34. The molecule has 3 heteroatoms. The Morgan fingerprint density at radius 2 is 1.29 bits per heavy atom. The van der Waals surface area contributed by atoms with Crippen LogP contribution < -0.4 is 0 Å². The number of alkyl halides is 3. The van der Waals surface area contributed by atoms with Gasteiger partial charge >= 0.3 is 6.18 Å². The first-order chi connectivity index (χ1) is 12.9. The number of hydrogen-bond acceptors (Lipinski definition) is 0. The van der Waals surface area contributed by atoms with Crippen molar-refractivity contribution in [2.45, 2.75) is 124 Å². The molecule has 0 aliphatic carbocycles. The molecular weight excluding hydrogens is 357 g/mol. The van der Waals surface area contributed by atoms with Gasteiger partial charge in [0.15, 0.2) is 0 Å². The van der Waals surface area contributed by atoms with Crippen molar-refractivity contribution in [3.8, 4) is 0 Å². The van der Waals surface area contributed by atoms with Crippen molar-refractivity contribution < 1.29 is 13.2 Å². The van der Waals surface area contributed by atoms with E-state index in [1.165, 1.54) is 27.8 Å². The van der Waals surface area contributed by atoms with Crippen molar-refractivity contribution in [3.63, 3.8) is 0 Å². The summed E-state index contributed by atoms with van der Waals surface area (Å²) >= 11 is 0. The highest BCUT2D eigenvalue weighted by Crippen LogP contribution is 2.44. The summed E-state index contributed by atoms with van der Waals surface area (Å²) in [4.78, 5) is 0. The van der Waals surface area contributed by atoms with E-state index >= 15 is 0 Å². The zero-order valence-electron chi connectivity index (χ0n) is 19.4. The molecule has 0 aliphatic heterocycles. The van der Waals surface area contributed by atoms with Gasteiger partial charge in [0, 0.05) is 6.42 Å². The van der Waals surface area contributed by atoms with Gasteiger partial charge in [-0.25, -0.2) is 0 Å². The number of halogens is 3. The van der Waals surface area contributed by atoms with E-state index in [4.69, 9.17) is 0 Å². The Balaban J connectivity index is 3.98. The van der Waals surface area contributed by atoms with Crippen LogP contribution in [0.4, 0.5) is 13.2 Å². The van der Waals surface area contributed by atoms with Gasteiger partial charge in [-0.1, -0.05) is 68.2 Å². The maximum Gasteiger partial charge on any atom is 0.389 e. The van der Waals surface area contributed by atoms with Gasteiger partial charge in [-0.15, -0.1) is 0 Å². The molecule has 0 amide bonds. The second-order valence-corrected chi connectivity index (χ2v) is 9.06. The van der Waals surface area contributed by atoms with Crippen molar-refractivity contribution in [2.75, 3.05) is 0 Å². The molecule has 0 saturated heterocycles. The largest absolute Gasteiger partial charge is 0.389 e. The molecule has 1 aromatic rings. The molecule has 0 aromatic heterocycles. The monoisotopic (exact) mass is 398 g/mol. The maximum absolute atomic E-state index is 13.2. The fourth-order valence-corrected chi connectivity index (χ4v) is 5.08. The van der Waals surface area contributed by atoms with Crippen molar-refractivity contribution in [1.29, 1.82) is 0 Å². The van der Waals surface area contributed by atoms with Gasteiger partial charge in [-0.2, -0.15) is 13.2 Å². The molecule has 0 spiro atoms. The van der Waals surface area contributed by atoms with Crippen LogP contribution in [0.5, 0.6) is 0 Å². The van der Waals surface area contributed by atoms with Crippen molar-refractivity contribution in [2.24, 2.45) is 0 Å². The molecule has 28 heavy (non-hydrogen) atoms. The van der Waals surface area contributed by atoms with Crippen LogP contribution in [0.2, 0.25) is 0 Å². The highest BCUT2D eigenvalue weighted by atomic mass is 19.4. The Bertz CT molecular complexity index is 636. The standard InChI is InChI=1S/C25H41F3/c1-9-13-20-18(11-3)21(14-16-25(26,27)28)23(24(7,8)15-10-2)22(17(5)6)19(20)12-4/h17H,9-16H2,1-8H3. The summed E-state index contributed by atoms with van der Waals surface area (Å²) in [6.07, 6.45) is 1.01. The Hall–Kier alpha value is -0.990. The molecule has 0 aliphatic rings. The molecule has 0 bridgehead atoms. The normalized spacial score (nSPS) is 12.9. The molecule has 162 valence electrons. The van der Waals surface area contributed by atoms with Crippen molar-refractivity contribution in [3.05, 3.63) is 33.4 Å². The smallest absolute Gasteiger partial charge is 0.171 e. The van der Waals surface area contributed by atoms with Crippen LogP contribution in [-0.2, 0) is 31.1 Å². The Morgan fingerprint density at radius 1 is 0.714 bits per heavy atom. The van der Waals surface area contributed by atoms with Crippen molar-refractivity contribution >= 4 is 0 Å². The quantitative estimate of drug-likeness (QED) is 0.371. The topological polar surface area (TPSA) is 0 Å². The molecule has 0 radical (unpaired) electrons. The van der Waals surface area contributed by atoms with Gasteiger partial charge in [0.1, 0.15) is 0 Å². The fourth-order valence-electron chi connectivity index (χ4n) is 5.08. The van der Waals surface area contributed by atoms with E-state index in [-0.39, 0.29) is 11.8 Å². The molecule has 0 unspecified atom stereocenters. The predicted molar refractivity (Wildman–Crippen MR) is 116 cm³/mol. The van der Waals surface area contributed by atoms with E-state index in [1.54, 1.807) is 0 Å². The average molecular weight is 399 g/mol. The second-order valence-electron chi connectivity index (χ2n) is 9.06. The van der Waals surface area contributed by atoms with Crippen LogP contribution in [0.3, 0.4) is 0 Å². The lowest BCUT2D eigenvalue weighted by Gasteiger charge is -2.36. The molecule has 0 N–H and O–H groups in total. The van der Waals surface area contributed by atoms with E-state index in [9.17, 15) is 13.2 Å².